The summed E-state index contributed by atoms with van der Waals surface area (Å²) >= 11 is 5.79. The van der Waals surface area contributed by atoms with Crippen molar-refractivity contribution in [3.63, 3.8) is 0 Å². The first kappa shape index (κ1) is 29.5. The van der Waals surface area contributed by atoms with Gasteiger partial charge in [-0.05, 0) is 43.4 Å². The summed E-state index contributed by atoms with van der Waals surface area (Å²) in [5.41, 5.74) is 1.33. The fraction of sp³-hybridized carbons (Fsp3) is 0.391. The fourth-order valence-electron chi connectivity index (χ4n) is 3.63. The maximum absolute atomic E-state index is 14.8. The van der Waals surface area contributed by atoms with Crippen LogP contribution in [0.25, 0.3) is 0 Å². The summed E-state index contributed by atoms with van der Waals surface area (Å²) in [6, 6.07) is 6.44. The van der Waals surface area contributed by atoms with Gasteiger partial charge in [0.1, 0.15) is 5.75 Å². The summed E-state index contributed by atoms with van der Waals surface area (Å²) in [4.78, 5) is 28.8. The number of benzene rings is 2. The summed E-state index contributed by atoms with van der Waals surface area (Å²) in [6.45, 7) is 0.984. The van der Waals surface area contributed by atoms with Crippen LogP contribution in [0.1, 0.15) is 0 Å². The van der Waals surface area contributed by atoms with E-state index in [1.165, 1.54) is 41.7 Å². The number of nitrogens with one attached hydrogen (secondary N) is 1. The van der Waals surface area contributed by atoms with Gasteiger partial charge in [0.25, 0.3) is 5.91 Å². The third-order valence-electron chi connectivity index (χ3n) is 5.87. The Bertz CT molecular complexity index is 1240. The van der Waals surface area contributed by atoms with Crippen LogP contribution in [0.5, 0.6) is 11.5 Å². The van der Waals surface area contributed by atoms with Crippen molar-refractivity contribution in [2.45, 2.75) is 4.90 Å². The number of hydroxylamine groups is 1. The molecule has 0 saturated carbocycles. The normalized spacial score (nSPS) is 14.4. The first-order valence-electron chi connectivity index (χ1n) is 11.5. The average Bonchev–Trinajstić information content (AvgIpc) is 2.89. The summed E-state index contributed by atoms with van der Waals surface area (Å²) in [7, 11) is -1.24. The second-order valence-corrected chi connectivity index (χ2v) is 11.0. The van der Waals surface area contributed by atoms with Gasteiger partial charge in [0, 0.05) is 51.3 Å². The number of likely N-dealkylation sites (N-methyl/N-ethyl adjacent to an activating group) is 2. The third-order valence-corrected chi connectivity index (χ3v) is 7.95. The molecule has 0 spiro atoms. The van der Waals surface area contributed by atoms with Gasteiger partial charge >= 0.3 is 6.03 Å². The zero-order valence-corrected chi connectivity index (χ0v) is 22.3. The molecular weight excluding hydrogens is 548 g/mol. The molecule has 208 valence electrons. The van der Waals surface area contributed by atoms with Gasteiger partial charge in [0.2, 0.25) is 10.0 Å². The highest BCUT2D eigenvalue weighted by Crippen LogP contribution is 2.31. The molecule has 1 fully saturated rings. The molecule has 0 atom stereocenters. The molecule has 1 aliphatic rings. The Hall–Kier alpha value is -3.04. The van der Waals surface area contributed by atoms with E-state index in [1.807, 2.05) is 7.05 Å². The Morgan fingerprint density at radius 3 is 2.21 bits per heavy atom. The van der Waals surface area contributed by atoms with Gasteiger partial charge in [0.05, 0.1) is 11.4 Å². The van der Waals surface area contributed by atoms with Crippen molar-refractivity contribution in [1.82, 2.24) is 24.5 Å². The van der Waals surface area contributed by atoms with Crippen molar-refractivity contribution < 1.29 is 36.7 Å². The quantitative estimate of drug-likeness (QED) is 0.347. The Morgan fingerprint density at radius 2 is 1.66 bits per heavy atom. The molecule has 0 aliphatic carbocycles. The van der Waals surface area contributed by atoms with Crippen LogP contribution < -0.4 is 10.2 Å². The van der Waals surface area contributed by atoms with Crippen LogP contribution in [0.3, 0.4) is 0 Å². The van der Waals surface area contributed by atoms with E-state index < -0.39 is 51.3 Å². The van der Waals surface area contributed by atoms with E-state index >= 15 is 0 Å². The Kier molecular flexibility index (Phi) is 9.84. The Morgan fingerprint density at radius 1 is 1.08 bits per heavy atom. The number of piperazine rings is 1. The lowest BCUT2D eigenvalue weighted by atomic mass is 10.3. The van der Waals surface area contributed by atoms with E-state index in [0.717, 1.165) is 0 Å². The van der Waals surface area contributed by atoms with Crippen LogP contribution in [0.15, 0.2) is 41.3 Å². The van der Waals surface area contributed by atoms with Gasteiger partial charge in [-0.2, -0.15) is 4.31 Å². The molecule has 2 aromatic carbocycles. The first-order valence-corrected chi connectivity index (χ1v) is 13.3. The van der Waals surface area contributed by atoms with E-state index in [0.29, 0.717) is 47.6 Å². The standard InChI is InChI=1S/C23H28ClF2N5O6S/c1-28-7-10-30(11-8-28)23(33)29(2)9-12-31(15-21(32)27-34)38(35,36)18-13-19(25)22(20(26)14-18)37-17-5-3-16(24)4-6-17/h3-6,13-14,34H,7-12,15H2,1-2H3,(H,27,32). The van der Waals surface area contributed by atoms with Crippen molar-refractivity contribution in [1.29, 1.82) is 0 Å². The van der Waals surface area contributed by atoms with Crippen molar-refractivity contribution >= 4 is 33.6 Å². The Balaban J connectivity index is 1.79. The number of sulfonamides is 1. The molecule has 3 rings (SSSR count). The molecule has 2 N–H and O–H groups in total. The lowest BCUT2D eigenvalue weighted by Crippen LogP contribution is -2.52. The van der Waals surface area contributed by atoms with E-state index in [1.54, 1.807) is 4.90 Å². The second kappa shape index (κ2) is 12.7. The maximum atomic E-state index is 14.8. The van der Waals surface area contributed by atoms with Crippen LogP contribution >= 0.6 is 11.6 Å². The summed E-state index contributed by atoms with van der Waals surface area (Å²) < 4.78 is 62.0. The summed E-state index contributed by atoms with van der Waals surface area (Å²) in [5, 5.41) is 9.30. The highest BCUT2D eigenvalue weighted by Gasteiger charge is 2.30. The van der Waals surface area contributed by atoms with Gasteiger partial charge in [-0.15, -0.1) is 0 Å². The number of halogens is 3. The van der Waals surface area contributed by atoms with Crippen LogP contribution in [0, 0.1) is 11.6 Å². The van der Waals surface area contributed by atoms with Crippen LogP contribution in [0.2, 0.25) is 5.02 Å². The number of hydrogen-bond donors (Lipinski definition) is 2. The summed E-state index contributed by atoms with van der Waals surface area (Å²) in [6.07, 6.45) is 0. The topological polar surface area (TPSA) is 123 Å². The molecule has 15 heteroatoms. The van der Waals surface area contributed by atoms with Crippen molar-refractivity contribution in [3.05, 3.63) is 53.1 Å². The molecule has 0 radical (unpaired) electrons. The highest BCUT2D eigenvalue weighted by molar-refractivity contribution is 7.89. The molecule has 1 aliphatic heterocycles. The van der Waals surface area contributed by atoms with Crippen molar-refractivity contribution in [2.75, 3.05) is 59.9 Å². The summed E-state index contributed by atoms with van der Waals surface area (Å²) in [5.74, 6) is -4.44. The number of ether oxygens (including phenoxy) is 1. The van der Waals surface area contributed by atoms with Gasteiger partial charge in [0.15, 0.2) is 17.4 Å². The van der Waals surface area contributed by atoms with Gasteiger partial charge in [-0.1, -0.05) is 11.6 Å². The van der Waals surface area contributed by atoms with Crippen LogP contribution in [0.4, 0.5) is 13.6 Å². The molecule has 38 heavy (non-hydrogen) atoms. The number of hydrogen-bond acceptors (Lipinski definition) is 7. The lowest BCUT2D eigenvalue weighted by Gasteiger charge is -2.35. The molecular formula is C23H28ClF2N5O6S. The molecule has 11 nitrogen and oxygen atoms in total. The van der Waals surface area contributed by atoms with Crippen LogP contribution in [-0.2, 0) is 14.8 Å². The predicted octanol–water partition coefficient (Wildman–Crippen LogP) is 2.21. The number of amides is 3. The van der Waals surface area contributed by atoms with Gasteiger partial charge in [-0.3, -0.25) is 10.0 Å². The molecule has 1 heterocycles. The number of rotatable bonds is 9. The minimum atomic E-state index is -4.65. The monoisotopic (exact) mass is 575 g/mol. The van der Waals surface area contributed by atoms with Crippen molar-refractivity contribution in [2.24, 2.45) is 0 Å². The molecule has 0 unspecified atom stereocenters. The maximum Gasteiger partial charge on any atom is 0.319 e. The van der Waals surface area contributed by atoms with Crippen molar-refractivity contribution in [3.8, 4) is 11.5 Å². The fourth-order valence-corrected chi connectivity index (χ4v) is 5.17. The minimum Gasteiger partial charge on any atom is -0.451 e. The van der Waals surface area contributed by atoms with Gasteiger partial charge < -0.3 is 19.4 Å². The SMILES string of the molecule is CN1CCN(C(=O)N(C)CCN(CC(=O)NO)S(=O)(=O)c2cc(F)c(Oc3ccc(Cl)cc3)c(F)c2)CC1. The lowest BCUT2D eigenvalue weighted by molar-refractivity contribution is -0.129. The third kappa shape index (κ3) is 7.29. The highest BCUT2D eigenvalue weighted by atomic mass is 35.5. The molecule has 3 amide bonds. The molecule has 0 aromatic heterocycles. The predicted molar refractivity (Wildman–Crippen MR) is 134 cm³/mol. The van der Waals surface area contributed by atoms with E-state index in [2.05, 4.69) is 4.90 Å². The van der Waals surface area contributed by atoms with Gasteiger partial charge in [-0.25, -0.2) is 27.5 Å². The molecule has 1 saturated heterocycles. The number of carbonyl (C=O) groups is 2. The van der Waals surface area contributed by atoms with E-state index in [-0.39, 0.29) is 18.3 Å². The molecule has 0 bridgehead atoms. The Labute approximate surface area is 224 Å². The minimum absolute atomic E-state index is 0.0668. The molecule has 2 aromatic rings. The zero-order chi connectivity index (χ0) is 28.0. The first-order chi connectivity index (χ1) is 17.9. The smallest absolute Gasteiger partial charge is 0.319 e. The second-order valence-electron chi connectivity index (χ2n) is 8.64. The average molecular weight is 576 g/mol. The largest absolute Gasteiger partial charge is 0.451 e. The van der Waals surface area contributed by atoms with E-state index in [4.69, 9.17) is 21.5 Å². The van der Waals surface area contributed by atoms with E-state index in [9.17, 15) is 26.8 Å². The van der Waals surface area contributed by atoms with Crippen LogP contribution in [-0.4, -0.2) is 104 Å². The number of carbonyl (C=O) groups excluding carboxylic acids is 2. The zero-order valence-electron chi connectivity index (χ0n) is 20.7. The number of urea groups is 1. The number of nitrogens with zero attached hydrogens (tertiary/aromatic N) is 4.